The van der Waals surface area contributed by atoms with Crippen molar-refractivity contribution < 1.29 is 9.53 Å². The number of hydrogen-bond donors (Lipinski definition) is 1. The topological polar surface area (TPSA) is 55.6 Å². The van der Waals surface area contributed by atoms with Gasteiger partial charge in [0.15, 0.2) is 0 Å². The van der Waals surface area contributed by atoms with Gasteiger partial charge in [-0.25, -0.2) is 0 Å². The Labute approximate surface area is 108 Å². The van der Waals surface area contributed by atoms with E-state index >= 15 is 0 Å². The van der Waals surface area contributed by atoms with Gasteiger partial charge in [-0.3, -0.25) is 4.79 Å². The van der Waals surface area contributed by atoms with E-state index in [-0.39, 0.29) is 18.1 Å². The zero-order valence-corrected chi connectivity index (χ0v) is 11.1. The van der Waals surface area contributed by atoms with E-state index in [4.69, 9.17) is 10.5 Å². The van der Waals surface area contributed by atoms with E-state index in [9.17, 15) is 4.79 Å². The lowest BCUT2D eigenvalue weighted by Gasteiger charge is -2.35. The molecule has 0 aromatic heterocycles. The number of carbonyl (C=O) groups is 1. The van der Waals surface area contributed by atoms with Gasteiger partial charge >= 0.3 is 0 Å². The van der Waals surface area contributed by atoms with Crippen LogP contribution in [0.25, 0.3) is 0 Å². The molecular weight excluding hydrogens is 228 g/mol. The molecule has 1 fully saturated rings. The minimum absolute atomic E-state index is 0.0312. The third kappa shape index (κ3) is 2.64. The van der Waals surface area contributed by atoms with Crippen LogP contribution in [0.5, 0.6) is 0 Å². The molecular formula is C14H20N2O2. The average molecular weight is 248 g/mol. The molecule has 0 aliphatic carbocycles. The highest BCUT2D eigenvalue weighted by atomic mass is 16.5. The van der Waals surface area contributed by atoms with Crippen molar-refractivity contribution in [2.24, 2.45) is 0 Å². The van der Waals surface area contributed by atoms with Gasteiger partial charge in [-0.1, -0.05) is 6.07 Å². The molecule has 18 heavy (non-hydrogen) atoms. The fourth-order valence-corrected chi connectivity index (χ4v) is 2.30. The van der Waals surface area contributed by atoms with Crippen molar-refractivity contribution in [2.75, 3.05) is 18.8 Å². The molecule has 0 saturated carbocycles. The first-order valence-corrected chi connectivity index (χ1v) is 6.28. The smallest absolute Gasteiger partial charge is 0.254 e. The Morgan fingerprint density at radius 2 is 1.94 bits per heavy atom. The van der Waals surface area contributed by atoms with Gasteiger partial charge in [0.1, 0.15) is 0 Å². The molecule has 2 unspecified atom stereocenters. The van der Waals surface area contributed by atoms with Crippen LogP contribution in [-0.4, -0.2) is 36.1 Å². The third-order valence-corrected chi connectivity index (χ3v) is 3.23. The molecule has 4 heteroatoms. The first-order valence-electron chi connectivity index (χ1n) is 6.28. The molecule has 98 valence electrons. The minimum atomic E-state index is 0.0312. The van der Waals surface area contributed by atoms with E-state index in [1.165, 1.54) is 0 Å². The van der Waals surface area contributed by atoms with Gasteiger partial charge in [0, 0.05) is 24.3 Å². The van der Waals surface area contributed by atoms with Crippen LogP contribution >= 0.6 is 0 Å². The summed E-state index contributed by atoms with van der Waals surface area (Å²) in [5.41, 5.74) is 8.16. The van der Waals surface area contributed by atoms with Gasteiger partial charge in [0.05, 0.1) is 12.2 Å². The maximum atomic E-state index is 12.4. The second-order valence-electron chi connectivity index (χ2n) is 5.04. The van der Waals surface area contributed by atoms with Crippen LogP contribution in [0.2, 0.25) is 0 Å². The third-order valence-electron chi connectivity index (χ3n) is 3.23. The first-order chi connectivity index (χ1) is 8.47. The molecule has 2 N–H and O–H groups in total. The molecule has 0 spiro atoms. The highest BCUT2D eigenvalue weighted by Gasteiger charge is 2.26. The van der Waals surface area contributed by atoms with Crippen molar-refractivity contribution in [2.45, 2.75) is 33.0 Å². The lowest BCUT2D eigenvalue weighted by molar-refractivity contribution is -0.0586. The maximum Gasteiger partial charge on any atom is 0.254 e. The number of ether oxygens (including phenoxy) is 1. The molecule has 1 heterocycles. The Hall–Kier alpha value is -1.55. The van der Waals surface area contributed by atoms with Gasteiger partial charge in [0.2, 0.25) is 0 Å². The Morgan fingerprint density at radius 3 is 2.50 bits per heavy atom. The van der Waals surface area contributed by atoms with Crippen LogP contribution in [0.1, 0.15) is 29.8 Å². The normalized spacial score (nSPS) is 24.1. The molecule has 0 radical (unpaired) electrons. The van der Waals surface area contributed by atoms with Crippen LogP contribution in [0, 0.1) is 6.92 Å². The molecule has 1 aliphatic heterocycles. The van der Waals surface area contributed by atoms with E-state index in [1.807, 2.05) is 37.8 Å². The van der Waals surface area contributed by atoms with Gasteiger partial charge < -0.3 is 15.4 Å². The van der Waals surface area contributed by atoms with Gasteiger partial charge in [-0.15, -0.1) is 0 Å². The average Bonchev–Trinajstić information content (AvgIpc) is 2.30. The molecule has 1 aromatic carbocycles. The summed E-state index contributed by atoms with van der Waals surface area (Å²) in [6.07, 6.45) is 0.168. The van der Waals surface area contributed by atoms with E-state index in [0.29, 0.717) is 24.3 Å². The van der Waals surface area contributed by atoms with E-state index in [2.05, 4.69) is 0 Å². The summed E-state index contributed by atoms with van der Waals surface area (Å²) in [4.78, 5) is 14.2. The zero-order chi connectivity index (χ0) is 13.3. The molecule has 2 rings (SSSR count). The summed E-state index contributed by atoms with van der Waals surface area (Å²) >= 11 is 0. The predicted octanol–water partition coefficient (Wildman–Crippen LogP) is 1.83. The predicted molar refractivity (Wildman–Crippen MR) is 71.5 cm³/mol. The number of carbonyl (C=O) groups excluding carboxylic acids is 1. The Bertz CT molecular complexity index is 449. The zero-order valence-electron chi connectivity index (χ0n) is 11.1. The fourth-order valence-electron chi connectivity index (χ4n) is 2.30. The largest absolute Gasteiger partial charge is 0.398 e. The highest BCUT2D eigenvalue weighted by Crippen LogP contribution is 2.17. The van der Waals surface area contributed by atoms with Crippen molar-refractivity contribution in [1.29, 1.82) is 0 Å². The quantitative estimate of drug-likeness (QED) is 0.771. The number of morpholine rings is 1. The first kappa shape index (κ1) is 12.9. The van der Waals surface area contributed by atoms with Crippen molar-refractivity contribution in [3.63, 3.8) is 0 Å². The summed E-state index contributed by atoms with van der Waals surface area (Å²) in [6, 6.07) is 5.47. The van der Waals surface area contributed by atoms with Crippen molar-refractivity contribution >= 4 is 11.6 Å². The lowest BCUT2D eigenvalue weighted by atomic mass is 10.1. The fraction of sp³-hybridized carbons (Fsp3) is 0.500. The van der Waals surface area contributed by atoms with E-state index < -0.39 is 0 Å². The van der Waals surface area contributed by atoms with Crippen LogP contribution in [0.3, 0.4) is 0 Å². The van der Waals surface area contributed by atoms with Crippen LogP contribution in [0.15, 0.2) is 18.2 Å². The summed E-state index contributed by atoms with van der Waals surface area (Å²) < 4.78 is 5.63. The second-order valence-corrected chi connectivity index (χ2v) is 5.04. The molecule has 1 saturated heterocycles. The lowest BCUT2D eigenvalue weighted by Crippen LogP contribution is -2.48. The van der Waals surface area contributed by atoms with Crippen molar-refractivity contribution in [3.8, 4) is 0 Å². The molecule has 1 aliphatic rings. The maximum absolute atomic E-state index is 12.4. The van der Waals surface area contributed by atoms with Crippen LogP contribution in [0.4, 0.5) is 5.69 Å². The number of anilines is 1. The number of amides is 1. The number of aryl methyl sites for hydroxylation is 1. The number of nitrogens with zero attached hydrogens (tertiary/aromatic N) is 1. The van der Waals surface area contributed by atoms with Gasteiger partial charge in [-0.2, -0.15) is 0 Å². The highest BCUT2D eigenvalue weighted by molar-refractivity contribution is 5.95. The Balaban J connectivity index is 2.17. The molecule has 4 nitrogen and oxygen atoms in total. The summed E-state index contributed by atoms with van der Waals surface area (Å²) in [5, 5.41) is 0. The number of rotatable bonds is 1. The molecule has 1 amide bonds. The SMILES string of the molecule is Cc1ccc(C(=O)N2CC(C)OC(C)C2)cc1N. The monoisotopic (exact) mass is 248 g/mol. The van der Waals surface area contributed by atoms with Crippen molar-refractivity contribution in [1.82, 2.24) is 4.90 Å². The summed E-state index contributed by atoms with van der Waals surface area (Å²) in [7, 11) is 0. The molecule has 0 bridgehead atoms. The second kappa shape index (κ2) is 4.98. The number of nitrogen functional groups attached to an aromatic ring is 1. The Morgan fingerprint density at radius 1 is 1.33 bits per heavy atom. The number of hydrogen-bond acceptors (Lipinski definition) is 3. The summed E-state index contributed by atoms with van der Waals surface area (Å²) in [5.74, 6) is 0.0312. The number of benzene rings is 1. The van der Waals surface area contributed by atoms with E-state index in [1.54, 1.807) is 6.07 Å². The molecule has 1 aromatic rings. The standard InChI is InChI=1S/C14H20N2O2/c1-9-4-5-12(6-13(9)15)14(17)16-7-10(2)18-11(3)8-16/h4-6,10-11H,7-8,15H2,1-3H3. The van der Waals surface area contributed by atoms with Crippen LogP contribution < -0.4 is 5.73 Å². The van der Waals surface area contributed by atoms with E-state index in [0.717, 1.165) is 5.56 Å². The minimum Gasteiger partial charge on any atom is -0.398 e. The van der Waals surface area contributed by atoms with Crippen LogP contribution in [-0.2, 0) is 4.74 Å². The molecule has 2 atom stereocenters. The van der Waals surface area contributed by atoms with Crippen molar-refractivity contribution in [3.05, 3.63) is 29.3 Å². The number of nitrogens with two attached hydrogens (primary N) is 1. The summed E-state index contributed by atoms with van der Waals surface area (Å²) in [6.45, 7) is 7.18. The van der Waals surface area contributed by atoms with Gasteiger partial charge in [0.25, 0.3) is 5.91 Å². The Kier molecular flexibility index (Phi) is 3.57. The van der Waals surface area contributed by atoms with Gasteiger partial charge in [-0.05, 0) is 38.5 Å².